The van der Waals surface area contributed by atoms with E-state index in [1.165, 1.54) is 0 Å². The van der Waals surface area contributed by atoms with E-state index in [4.69, 9.17) is 5.73 Å². The van der Waals surface area contributed by atoms with Gasteiger partial charge in [-0.1, -0.05) is 12.8 Å². The summed E-state index contributed by atoms with van der Waals surface area (Å²) in [6.07, 6.45) is 6.05. The predicted octanol–water partition coefficient (Wildman–Crippen LogP) is 0.238. The van der Waals surface area contributed by atoms with Crippen LogP contribution in [-0.4, -0.2) is 32.5 Å². The largest absolute Gasteiger partial charge is 0.392 e. The lowest BCUT2D eigenvalue weighted by molar-refractivity contribution is -0.00758. The molecule has 0 aromatic carbocycles. The van der Waals surface area contributed by atoms with Gasteiger partial charge in [0.05, 0.1) is 6.10 Å². The molecule has 1 aromatic heterocycles. The van der Waals surface area contributed by atoms with E-state index in [9.17, 15) is 5.11 Å². The van der Waals surface area contributed by atoms with Crippen LogP contribution in [0.25, 0.3) is 0 Å². The van der Waals surface area contributed by atoms with Crippen molar-refractivity contribution < 1.29 is 5.11 Å². The predicted molar refractivity (Wildman–Crippen MR) is 60.7 cm³/mol. The fraction of sp³-hybridized carbons (Fsp3) is 0.818. The summed E-state index contributed by atoms with van der Waals surface area (Å²) in [7, 11) is 1.88. The van der Waals surface area contributed by atoms with Crippen molar-refractivity contribution in [3.63, 3.8) is 0 Å². The summed E-state index contributed by atoms with van der Waals surface area (Å²) in [6, 6.07) is 0. The van der Waals surface area contributed by atoms with Crippen molar-refractivity contribution in [2.75, 3.05) is 6.54 Å². The molecule has 5 heteroatoms. The number of aliphatic hydroxyl groups excluding tert-OH is 1. The highest BCUT2D eigenvalue weighted by molar-refractivity contribution is 4.99. The molecule has 2 atom stereocenters. The highest BCUT2D eigenvalue weighted by Gasteiger charge is 2.39. The van der Waals surface area contributed by atoms with Gasteiger partial charge in [0.1, 0.15) is 12.2 Å². The Morgan fingerprint density at radius 3 is 3.00 bits per heavy atom. The highest BCUT2D eigenvalue weighted by Crippen LogP contribution is 2.38. The average molecular weight is 224 g/mol. The fourth-order valence-corrected chi connectivity index (χ4v) is 2.60. The molecule has 0 aliphatic heterocycles. The standard InChI is InChI=1S/C11H20N4O/c1-15-10(13-8-14-15)6-11(7-12)5-3-2-4-9(11)16/h8-9,16H,2-7,12H2,1H3. The topological polar surface area (TPSA) is 77.0 Å². The molecule has 2 unspecified atom stereocenters. The Bertz CT molecular complexity index is 352. The Labute approximate surface area is 95.7 Å². The number of aliphatic hydroxyl groups is 1. The minimum atomic E-state index is -0.303. The third-order valence-corrected chi connectivity index (χ3v) is 3.83. The summed E-state index contributed by atoms with van der Waals surface area (Å²) in [5.74, 6) is 0.909. The minimum Gasteiger partial charge on any atom is -0.392 e. The zero-order valence-electron chi connectivity index (χ0n) is 9.76. The second-order valence-corrected chi connectivity index (χ2v) is 4.80. The summed E-state index contributed by atoms with van der Waals surface area (Å²) in [5, 5.41) is 14.2. The zero-order chi connectivity index (χ0) is 11.6. The molecule has 1 fully saturated rings. The van der Waals surface area contributed by atoms with E-state index in [1.807, 2.05) is 7.05 Å². The van der Waals surface area contributed by atoms with Crippen LogP contribution in [0.4, 0.5) is 0 Å². The molecule has 1 aliphatic carbocycles. The molecule has 0 saturated heterocycles. The summed E-state index contributed by atoms with van der Waals surface area (Å²) < 4.78 is 1.76. The monoisotopic (exact) mass is 224 g/mol. The van der Waals surface area contributed by atoms with Gasteiger partial charge < -0.3 is 10.8 Å². The van der Waals surface area contributed by atoms with Crippen molar-refractivity contribution >= 4 is 0 Å². The smallest absolute Gasteiger partial charge is 0.138 e. The Balaban J connectivity index is 2.18. The summed E-state index contributed by atoms with van der Waals surface area (Å²) >= 11 is 0. The summed E-state index contributed by atoms with van der Waals surface area (Å²) in [5.41, 5.74) is 5.68. The molecule has 1 heterocycles. The van der Waals surface area contributed by atoms with Crippen LogP contribution in [0.2, 0.25) is 0 Å². The lowest BCUT2D eigenvalue weighted by Crippen LogP contribution is -2.46. The molecule has 3 N–H and O–H groups in total. The number of nitrogens with zero attached hydrogens (tertiary/aromatic N) is 3. The molecule has 0 radical (unpaired) electrons. The summed E-state index contributed by atoms with van der Waals surface area (Å²) in [6.45, 7) is 0.515. The lowest BCUT2D eigenvalue weighted by Gasteiger charge is -2.40. The van der Waals surface area contributed by atoms with Crippen molar-refractivity contribution in [2.24, 2.45) is 18.2 Å². The second-order valence-electron chi connectivity index (χ2n) is 4.80. The van der Waals surface area contributed by atoms with Gasteiger partial charge in [0.15, 0.2) is 0 Å². The zero-order valence-corrected chi connectivity index (χ0v) is 9.76. The molecular weight excluding hydrogens is 204 g/mol. The van der Waals surface area contributed by atoms with Crippen LogP contribution >= 0.6 is 0 Å². The maximum absolute atomic E-state index is 10.2. The first-order valence-corrected chi connectivity index (χ1v) is 5.89. The molecule has 5 nitrogen and oxygen atoms in total. The quantitative estimate of drug-likeness (QED) is 0.771. The molecule has 1 aromatic rings. The van der Waals surface area contributed by atoms with Crippen LogP contribution in [0.15, 0.2) is 6.33 Å². The van der Waals surface area contributed by atoms with E-state index >= 15 is 0 Å². The maximum Gasteiger partial charge on any atom is 0.138 e. The third-order valence-electron chi connectivity index (χ3n) is 3.83. The van der Waals surface area contributed by atoms with Crippen LogP contribution < -0.4 is 5.73 Å². The number of hydrogen-bond donors (Lipinski definition) is 2. The normalized spacial score (nSPS) is 30.6. The van der Waals surface area contributed by atoms with Crippen molar-refractivity contribution in [3.8, 4) is 0 Å². The number of rotatable bonds is 3. The fourth-order valence-electron chi connectivity index (χ4n) is 2.60. The minimum absolute atomic E-state index is 0.195. The first-order valence-electron chi connectivity index (χ1n) is 5.89. The molecule has 90 valence electrons. The molecule has 1 aliphatic rings. The van der Waals surface area contributed by atoms with Crippen molar-refractivity contribution in [1.29, 1.82) is 0 Å². The van der Waals surface area contributed by atoms with Crippen LogP contribution in [0.1, 0.15) is 31.5 Å². The van der Waals surface area contributed by atoms with E-state index in [0.29, 0.717) is 6.54 Å². The van der Waals surface area contributed by atoms with Gasteiger partial charge in [0, 0.05) is 25.4 Å². The van der Waals surface area contributed by atoms with Gasteiger partial charge >= 0.3 is 0 Å². The maximum atomic E-state index is 10.2. The number of hydrogen-bond acceptors (Lipinski definition) is 4. The molecule has 0 bridgehead atoms. The van der Waals surface area contributed by atoms with E-state index in [2.05, 4.69) is 10.1 Å². The molecule has 16 heavy (non-hydrogen) atoms. The van der Waals surface area contributed by atoms with Crippen molar-refractivity contribution in [3.05, 3.63) is 12.2 Å². The van der Waals surface area contributed by atoms with Crippen LogP contribution in [0, 0.1) is 5.41 Å². The second kappa shape index (κ2) is 4.51. The van der Waals surface area contributed by atoms with Gasteiger partial charge in [-0.15, -0.1) is 0 Å². The van der Waals surface area contributed by atoms with E-state index in [0.717, 1.165) is 37.9 Å². The van der Waals surface area contributed by atoms with E-state index < -0.39 is 0 Å². The first-order chi connectivity index (χ1) is 7.68. The molecule has 2 rings (SSSR count). The molecular formula is C11H20N4O. The number of aryl methyl sites for hydroxylation is 1. The third kappa shape index (κ3) is 1.97. The number of aromatic nitrogens is 3. The van der Waals surface area contributed by atoms with Crippen molar-refractivity contribution in [2.45, 2.75) is 38.2 Å². The average Bonchev–Trinajstić information content (AvgIpc) is 2.68. The SMILES string of the molecule is Cn1ncnc1CC1(CN)CCCCC1O. The Morgan fingerprint density at radius 1 is 1.62 bits per heavy atom. The van der Waals surface area contributed by atoms with Gasteiger partial charge in [-0.3, -0.25) is 4.68 Å². The molecule has 0 spiro atoms. The molecule has 1 saturated carbocycles. The van der Waals surface area contributed by atoms with Crippen LogP contribution in [-0.2, 0) is 13.5 Å². The molecule has 0 amide bonds. The van der Waals surface area contributed by atoms with Gasteiger partial charge in [-0.25, -0.2) is 4.98 Å². The van der Waals surface area contributed by atoms with Crippen LogP contribution in [0.5, 0.6) is 0 Å². The van der Waals surface area contributed by atoms with E-state index in [1.54, 1.807) is 11.0 Å². The Kier molecular flexibility index (Phi) is 3.25. The van der Waals surface area contributed by atoms with Gasteiger partial charge in [-0.2, -0.15) is 5.10 Å². The van der Waals surface area contributed by atoms with Gasteiger partial charge in [-0.05, 0) is 12.8 Å². The van der Waals surface area contributed by atoms with Gasteiger partial charge in [0.25, 0.3) is 0 Å². The highest BCUT2D eigenvalue weighted by atomic mass is 16.3. The summed E-state index contributed by atoms with van der Waals surface area (Å²) in [4.78, 5) is 4.22. The van der Waals surface area contributed by atoms with Crippen LogP contribution in [0.3, 0.4) is 0 Å². The first kappa shape index (κ1) is 11.5. The van der Waals surface area contributed by atoms with Gasteiger partial charge in [0.2, 0.25) is 0 Å². The van der Waals surface area contributed by atoms with E-state index in [-0.39, 0.29) is 11.5 Å². The van der Waals surface area contributed by atoms with Crippen molar-refractivity contribution in [1.82, 2.24) is 14.8 Å². The number of nitrogens with two attached hydrogens (primary N) is 1. The Hall–Kier alpha value is -0.940. The Morgan fingerprint density at radius 2 is 2.44 bits per heavy atom. The lowest BCUT2D eigenvalue weighted by atomic mass is 9.69.